The van der Waals surface area contributed by atoms with Gasteiger partial charge in [-0.25, -0.2) is 8.42 Å². The van der Waals surface area contributed by atoms with Gasteiger partial charge in [-0.1, -0.05) is 28.9 Å². The maximum atomic E-state index is 11.5. The molecule has 1 aromatic heterocycles. The van der Waals surface area contributed by atoms with Gasteiger partial charge in [-0.05, 0) is 13.0 Å². The van der Waals surface area contributed by atoms with Crippen LogP contribution in [0.2, 0.25) is 0 Å². The number of benzene rings is 1. The topological polar surface area (TPSA) is 79.5 Å². The minimum absolute atomic E-state index is 0.498. The fourth-order valence-electron chi connectivity index (χ4n) is 2.63. The molecule has 3 rings (SSSR count). The Morgan fingerprint density at radius 2 is 1.96 bits per heavy atom. The highest BCUT2D eigenvalue weighted by Gasteiger charge is 2.24. The van der Waals surface area contributed by atoms with Crippen molar-refractivity contribution < 1.29 is 12.9 Å². The van der Waals surface area contributed by atoms with Crippen LogP contribution in [-0.4, -0.2) is 60.2 Å². The summed E-state index contributed by atoms with van der Waals surface area (Å²) in [6.45, 7) is 4.88. The number of nitrogens with zero attached hydrogens (tertiary/aromatic N) is 4. The third-order valence-corrected chi connectivity index (χ3v) is 5.21. The first-order chi connectivity index (χ1) is 10.9. The van der Waals surface area contributed by atoms with Crippen molar-refractivity contribution >= 4 is 10.0 Å². The average Bonchev–Trinajstić information content (AvgIpc) is 2.95. The van der Waals surface area contributed by atoms with Gasteiger partial charge in [-0.2, -0.15) is 9.29 Å². The lowest BCUT2D eigenvalue weighted by Crippen LogP contribution is -2.47. The molecule has 1 aromatic carbocycles. The molecule has 124 valence electrons. The highest BCUT2D eigenvalue weighted by atomic mass is 32.2. The van der Waals surface area contributed by atoms with Gasteiger partial charge in [-0.15, -0.1) is 0 Å². The zero-order chi connectivity index (χ0) is 16.4. The van der Waals surface area contributed by atoms with E-state index in [0.717, 1.165) is 11.1 Å². The zero-order valence-electron chi connectivity index (χ0n) is 13.3. The molecule has 1 saturated heterocycles. The summed E-state index contributed by atoms with van der Waals surface area (Å²) in [7, 11) is -3.10. The van der Waals surface area contributed by atoms with Crippen LogP contribution in [0.4, 0.5) is 0 Å². The van der Waals surface area contributed by atoms with Crippen LogP contribution in [0.25, 0.3) is 11.4 Å². The minimum Gasteiger partial charge on any atom is -0.338 e. The molecule has 0 spiro atoms. The van der Waals surface area contributed by atoms with E-state index in [0.29, 0.717) is 44.4 Å². The van der Waals surface area contributed by atoms with Gasteiger partial charge in [0, 0.05) is 31.7 Å². The molecule has 1 fully saturated rings. The van der Waals surface area contributed by atoms with E-state index in [4.69, 9.17) is 4.52 Å². The number of aryl methyl sites for hydroxylation is 1. The molecule has 0 atom stereocenters. The lowest BCUT2D eigenvalue weighted by atomic mass is 10.1. The Hall–Kier alpha value is -1.77. The Kier molecular flexibility index (Phi) is 4.47. The zero-order valence-corrected chi connectivity index (χ0v) is 14.1. The van der Waals surface area contributed by atoms with Crippen molar-refractivity contribution in [1.29, 1.82) is 0 Å². The van der Waals surface area contributed by atoms with Crippen molar-refractivity contribution in [3.63, 3.8) is 0 Å². The normalized spacial score (nSPS) is 17.5. The van der Waals surface area contributed by atoms with E-state index in [2.05, 4.69) is 15.0 Å². The Balaban J connectivity index is 1.62. The predicted molar refractivity (Wildman–Crippen MR) is 86.2 cm³/mol. The first-order valence-electron chi connectivity index (χ1n) is 7.49. The molecule has 0 saturated carbocycles. The van der Waals surface area contributed by atoms with Crippen LogP contribution in [0.1, 0.15) is 11.5 Å². The predicted octanol–water partition coefficient (Wildman–Crippen LogP) is 1.12. The van der Waals surface area contributed by atoms with Crippen LogP contribution < -0.4 is 0 Å². The molecule has 8 heteroatoms. The van der Waals surface area contributed by atoms with Gasteiger partial charge in [-0.3, -0.25) is 4.90 Å². The first-order valence-corrected chi connectivity index (χ1v) is 9.34. The van der Waals surface area contributed by atoms with E-state index in [1.165, 1.54) is 10.6 Å². The van der Waals surface area contributed by atoms with Crippen LogP contribution in [0, 0.1) is 6.92 Å². The van der Waals surface area contributed by atoms with Gasteiger partial charge in [0.2, 0.25) is 21.7 Å². The van der Waals surface area contributed by atoms with Crippen molar-refractivity contribution in [2.45, 2.75) is 13.5 Å². The molecular formula is C15H20N4O3S. The standard InChI is InChI=1S/C15H20N4O3S/c1-12-4-3-5-13(10-12)15-16-14(22-17-15)11-18-6-8-19(9-7-18)23(2,20)21/h3-5,10H,6-9,11H2,1-2H3. The Bertz CT molecular complexity index is 780. The molecule has 0 bridgehead atoms. The van der Waals surface area contributed by atoms with E-state index in [1.54, 1.807) is 0 Å². The third-order valence-electron chi connectivity index (χ3n) is 3.90. The van der Waals surface area contributed by atoms with E-state index < -0.39 is 10.0 Å². The molecule has 2 aromatic rings. The molecule has 1 aliphatic heterocycles. The second-order valence-electron chi connectivity index (χ2n) is 5.82. The molecule has 1 aliphatic rings. The van der Waals surface area contributed by atoms with E-state index >= 15 is 0 Å². The number of sulfonamides is 1. The number of hydrogen-bond donors (Lipinski definition) is 0. The van der Waals surface area contributed by atoms with Crippen LogP contribution in [0.5, 0.6) is 0 Å². The molecule has 0 aliphatic carbocycles. The first kappa shape index (κ1) is 16.1. The van der Waals surface area contributed by atoms with E-state index in [-0.39, 0.29) is 0 Å². The number of hydrogen-bond acceptors (Lipinski definition) is 6. The highest BCUT2D eigenvalue weighted by molar-refractivity contribution is 7.88. The fraction of sp³-hybridized carbons (Fsp3) is 0.467. The van der Waals surface area contributed by atoms with E-state index in [1.807, 2.05) is 31.2 Å². The van der Waals surface area contributed by atoms with Gasteiger partial charge in [0.25, 0.3) is 0 Å². The number of piperazine rings is 1. The Labute approximate surface area is 136 Å². The molecule has 0 radical (unpaired) electrons. The van der Waals surface area contributed by atoms with Crippen LogP contribution in [-0.2, 0) is 16.6 Å². The summed E-state index contributed by atoms with van der Waals surface area (Å²) in [5, 5.41) is 4.03. The second-order valence-corrected chi connectivity index (χ2v) is 7.80. The van der Waals surface area contributed by atoms with Crippen molar-refractivity contribution in [1.82, 2.24) is 19.3 Å². The molecule has 7 nitrogen and oxygen atoms in total. The number of aromatic nitrogens is 2. The van der Waals surface area contributed by atoms with Crippen LogP contribution >= 0.6 is 0 Å². The van der Waals surface area contributed by atoms with Crippen molar-refractivity contribution in [2.24, 2.45) is 0 Å². The van der Waals surface area contributed by atoms with Crippen molar-refractivity contribution in [3.05, 3.63) is 35.7 Å². The summed E-state index contributed by atoms with van der Waals surface area (Å²) in [6.07, 6.45) is 1.24. The Morgan fingerprint density at radius 1 is 1.22 bits per heavy atom. The summed E-state index contributed by atoms with van der Waals surface area (Å²) in [6, 6.07) is 7.95. The molecule has 23 heavy (non-hydrogen) atoms. The van der Waals surface area contributed by atoms with E-state index in [9.17, 15) is 8.42 Å². The number of rotatable bonds is 4. The van der Waals surface area contributed by atoms with Gasteiger partial charge >= 0.3 is 0 Å². The van der Waals surface area contributed by atoms with Gasteiger partial charge < -0.3 is 4.52 Å². The SMILES string of the molecule is Cc1cccc(-c2noc(CN3CCN(S(C)(=O)=O)CC3)n2)c1. The summed E-state index contributed by atoms with van der Waals surface area (Å²) in [4.78, 5) is 6.55. The fourth-order valence-corrected chi connectivity index (χ4v) is 3.46. The molecule has 2 heterocycles. The maximum absolute atomic E-state index is 11.5. The Morgan fingerprint density at radius 3 is 2.61 bits per heavy atom. The third kappa shape index (κ3) is 3.95. The van der Waals surface area contributed by atoms with Crippen LogP contribution in [0.3, 0.4) is 0 Å². The lowest BCUT2D eigenvalue weighted by molar-refractivity contribution is 0.164. The molecule has 0 amide bonds. The summed E-state index contributed by atoms with van der Waals surface area (Å²) >= 11 is 0. The summed E-state index contributed by atoms with van der Waals surface area (Å²) in [5.74, 6) is 1.13. The summed E-state index contributed by atoms with van der Waals surface area (Å²) in [5.41, 5.74) is 2.08. The van der Waals surface area contributed by atoms with Crippen LogP contribution in [0.15, 0.2) is 28.8 Å². The average molecular weight is 336 g/mol. The minimum atomic E-state index is -3.10. The van der Waals surface area contributed by atoms with Crippen molar-refractivity contribution in [2.75, 3.05) is 32.4 Å². The maximum Gasteiger partial charge on any atom is 0.241 e. The molecule has 0 unspecified atom stereocenters. The largest absolute Gasteiger partial charge is 0.338 e. The molecular weight excluding hydrogens is 316 g/mol. The lowest BCUT2D eigenvalue weighted by Gasteiger charge is -2.32. The highest BCUT2D eigenvalue weighted by Crippen LogP contribution is 2.18. The van der Waals surface area contributed by atoms with Gasteiger partial charge in [0.1, 0.15) is 0 Å². The molecule has 0 N–H and O–H groups in total. The van der Waals surface area contributed by atoms with Gasteiger partial charge in [0.15, 0.2) is 0 Å². The second kappa shape index (κ2) is 6.38. The van der Waals surface area contributed by atoms with Crippen molar-refractivity contribution in [3.8, 4) is 11.4 Å². The summed E-state index contributed by atoms with van der Waals surface area (Å²) < 4.78 is 29.8. The van der Waals surface area contributed by atoms with Gasteiger partial charge in [0.05, 0.1) is 12.8 Å². The quantitative estimate of drug-likeness (QED) is 0.832. The monoisotopic (exact) mass is 336 g/mol. The smallest absolute Gasteiger partial charge is 0.241 e.